The molecule has 2 rings (SSSR count). The van der Waals surface area contributed by atoms with Gasteiger partial charge in [0.2, 0.25) is 0 Å². The van der Waals surface area contributed by atoms with E-state index in [0.29, 0.717) is 16.0 Å². The second-order valence-electron chi connectivity index (χ2n) is 4.16. The summed E-state index contributed by atoms with van der Waals surface area (Å²) < 4.78 is 39.7. The Bertz CT molecular complexity index is 641. The lowest BCUT2D eigenvalue weighted by Crippen LogP contribution is -2.09. The van der Waals surface area contributed by atoms with Crippen molar-refractivity contribution in [2.75, 3.05) is 12.4 Å². The van der Waals surface area contributed by atoms with Gasteiger partial charge in [-0.05, 0) is 25.1 Å². The van der Waals surface area contributed by atoms with Crippen LogP contribution in [0.4, 0.5) is 19.0 Å². The molecule has 3 nitrogen and oxygen atoms in total. The van der Waals surface area contributed by atoms with Gasteiger partial charge in [0.25, 0.3) is 0 Å². The summed E-state index contributed by atoms with van der Waals surface area (Å²) in [6.45, 7) is 1.71. The molecule has 0 aliphatic rings. The highest BCUT2D eigenvalue weighted by Gasteiger charge is 2.34. The zero-order valence-corrected chi connectivity index (χ0v) is 12.3. The minimum Gasteiger partial charge on any atom is -0.373 e. The van der Waals surface area contributed by atoms with Crippen LogP contribution < -0.4 is 5.32 Å². The molecule has 0 aliphatic heterocycles. The van der Waals surface area contributed by atoms with E-state index in [2.05, 4.69) is 31.2 Å². The number of anilines is 1. The third-order valence-electron chi connectivity index (χ3n) is 2.64. The van der Waals surface area contributed by atoms with Crippen molar-refractivity contribution in [1.29, 1.82) is 0 Å². The summed E-state index contributed by atoms with van der Waals surface area (Å²) in [7, 11) is 1.65. The van der Waals surface area contributed by atoms with Gasteiger partial charge in [0.15, 0.2) is 5.82 Å². The van der Waals surface area contributed by atoms with Crippen molar-refractivity contribution in [3.63, 3.8) is 0 Å². The average Bonchev–Trinajstić information content (AvgIpc) is 2.36. The molecule has 2 aromatic rings. The SMILES string of the molecule is CNc1cc(C)nc(-c2ccc(Br)cc2C(F)(F)F)n1. The van der Waals surface area contributed by atoms with E-state index in [1.54, 1.807) is 20.0 Å². The molecule has 106 valence electrons. The fourth-order valence-corrected chi connectivity index (χ4v) is 2.12. The van der Waals surface area contributed by atoms with Crippen molar-refractivity contribution >= 4 is 21.7 Å². The van der Waals surface area contributed by atoms with Crippen LogP contribution in [0.2, 0.25) is 0 Å². The molecule has 1 N–H and O–H groups in total. The van der Waals surface area contributed by atoms with E-state index in [0.717, 1.165) is 6.07 Å². The molecule has 7 heteroatoms. The van der Waals surface area contributed by atoms with Gasteiger partial charge < -0.3 is 5.32 Å². The standard InChI is InChI=1S/C13H11BrF3N3/c1-7-5-11(18-2)20-12(19-7)9-4-3-8(14)6-10(9)13(15,16)17/h3-6H,1-2H3,(H,18,19,20). The van der Waals surface area contributed by atoms with Crippen LogP contribution in [0.3, 0.4) is 0 Å². The third-order valence-corrected chi connectivity index (χ3v) is 3.13. The number of nitrogens with one attached hydrogen (secondary N) is 1. The average molecular weight is 346 g/mol. The molecule has 0 radical (unpaired) electrons. The third kappa shape index (κ3) is 3.09. The first kappa shape index (κ1) is 14.8. The van der Waals surface area contributed by atoms with Crippen LogP contribution in [0.15, 0.2) is 28.7 Å². The lowest BCUT2D eigenvalue weighted by Gasteiger charge is -2.13. The molecular weight excluding hydrogens is 335 g/mol. The molecule has 0 unspecified atom stereocenters. The second kappa shape index (κ2) is 5.40. The van der Waals surface area contributed by atoms with Gasteiger partial charge in [-0.3, -0.25) is 0 Å². The number of rotatable bonds is 2. The van der Waals surface area contributed by atoms with Gasteiger partial charge in [-0.2, -0.15) is 13.2 Å². The molecule has 1 aromatic carbocycles. The summed E-state index contributed by atoms with van der Waals surface area (Å²) in [6.07, 6.45) is -4.47. The second-order valence-corrected chi connectivity index (χ2v) is 5.07. The monoisotopic (exact) mass is 345 g/mol. The van der Waals surface area contributed by atoms with E-state index in [4.69, 9.17) is 0 Å². The zero-order chi connectivity index (χ0) is 14.9. The minimum absolute atomic E-state index is 0.0408. The summed E-state index contributed by atoms with van der Waals surface area (Å²) in [5, 5.41) is 2.81. The number of hydrogen-bond donors (Lipinski definition) is 1. The first-order valence-corrected chi connectivity index (χ1v) is 6.51. The van der Waals surface area contributed by atoms with Gasteiger partial charge in [0.1, 0.15) is 5.82 Å². The number of alkyl halides is 3. The van der Waals surface area contributed by atoms with Gasteiger partial charge in [0.05, 0.1) is 5.56 Å². The van der Waals surface area contributed by atoms with E-state index in [-0.39, 0.29) is 11.4 Å². The van der Waals surface area contributed by atoms with Crippen molar-refractivity contribution in [3.05, 3.63) is 40.0 Å². The Hall–Kier alpha value is -1.63. The van der Waals surface area contributed by atoms with Crippen molar-refractivity contribution in [2.24, 2.45) is 0 Å². The van der Waals surface area contributed by atoms with Crippen molar-refractivity contribution in [2.45, 2.75) is 13.1 Å². The van der Waals surface area contributed by atoms with Gasteiger partial charge in [-0.25, -0.2) is 9.97 Å². The highest BCUT2D eigenvalue weighted by atomic mass is 79.9. The molecule has 0 saturated heterocycles. The number of hydrogen-bond acceptors (Lipinski definition) is 3. The maximum atomic E-state index is 13.1. The van der Waals surface area contributed by atoms with Crippen LogP contribution in [0.5, 0.6) is 0 Å². The highest BCUT2D eigenvalue weighted by Crippen LogP contribution is 2.37. The molecule has 0 fully saturated rings. The molecule has 0 aliphatic carbocycles. The quantitative estimate of drug-likeness (QED) is 0.882. The largest absolute Gasteiger partial charge is 0.417 e. The smallest absolute Gasteiger partial charge is 0.373 e. The van der Waals surface area contributed by atoms with E-state index in [1.807, 2.05) is 0 Å². The maximum absolute atomic E-state index is 13.1. The summed E-state index contributed by atoms with van der Waals surface area (Å²) in [5.74, 6) is 0.526. The molecule has 0 saturated carbocycles. The van der Waals surface area contributed by atoms with Crippen LogP contribution in [-0.2, 0) is 6.18 Å². The van der Waals surface area contributed by atoms with Crippen molar-refractivity contribution in [1.82, 2.24) is 9.97 Å². The Morgan fingerprint density at radius 3 is 2.45 bits per heavy atom. The molecule has 1 heterocycles. The number of nitrogens with zero attached hydrogens (tertiary/aromatic N) is 2. The number of aromatic nitrogens is 2. The Balaban J connectivity index is 2.66. The zero-order valence-electron chi connectivity index (χ0n) is 10.7. The predicted molar refractivity (Wildman–Crippen MR) is 74.5 cm³/mol. The predicted octanol–water partition coefficient (Wildman–Crippen LogP) is 4.28. The van der Waals surface area contributed by atoms with Gasteiger partial charge in [0, 0.05) is 28.8 Å². The number of aryl methyl sites for hydroxylation is 1. The number of benzene rings is 1. The summed E-state index contributed by atoms with van der Waals surface area (Å²) in [5.41, 5.74) is -0.212. The Labute approximate surface area is 122 Å². The highest BCUT2D eigenvalue weighted by molar-refractivity contribution is 9.10. The van der Waals surface area contributed by atoms with Crippen molar-refractivity contribution in [3.8, 4) is 11.4 Å². The molecular formula is C13H11BrF3N3. The molecule has 0 bridgehead atoms. The molecule has 0 atom stereocenters. The van der Waals surface area contributed by atoms with E-state index < -0.39 is 11.7 Å². The Morgan fingerprint density at radius 2 is 1.85 bits per heavy atom. The summed E-state index contributed by atoms with van der Waals surface area (Å²) in [6, 6.07) is 5.59. The summed E-state index contributed by atoms with van der Waals surface area (Å²) in [4.78, 5) is 8.18. The van der Waals surface area contributed by atoms with Crippen LogP contribution in [0.1, 0.15) is 11.3 Å². The topological polar surface area (TPSA) is 37.8 Å². The number of halogens is 4. The van der Waals surface area contributed by atoms with Crippen molar-refractivity contribution < 1.29 is 13.2 Å². The fourth-order valence-electron chi connectivity index (χ4n) is 1.76. The van der Waals surface area contributed by atoms with E-state index >= 15 is 0 Å². The molecule has 0 spiro atoms. The van der Waals surface area contributed by atoms with E-state index in [9.17, 15) is 13.2 Å². The lowest BCUT2D eigenvalue weighted by atomic mass is 10.1. The maximum Gasteiger partial charge on any atom is 0.417 e. The van der Waals surface area contributed by atoms with Gasteiger partial charge >= 0.3 is 6.18 Å². The molecule has 1 aromatic heterocycles. The Morgan fingerprint density at radius 1 is 1.15 bits per heavy atom. The molecule has 20 heavy (non-hydrogen) atoms. The van der Waals surface area contributed by atoms with Crippen LogP contribution in [0, 0.1) is 6.92 Å². The minimum atomic E-state index is -4.47. The van der Waals surface area contributed by atoms with Gasteiger partial charge in [-0.1, -0.05) is 15.9 Å². The Kier molecular flexibility index (Phi) is 3.99. The van der Waals surface area contributed by atoms with Crippen LogP contribution in [0.25, 0.3) is 11.4 Å². The van der Waals surface area contributed by atoms with E-state index in [1.165, 1.54) is 12.1 Å². The lowest BCUT2D eigenvalue weighted by molar-refractivity contribution is -0.137. The fraction of sp³-hybridized carbons (Fsp3) is 0.231. The molecule has 0 amide bonds. The first-order chi connectivity index (χ1) is 9.31. The normalized spacial score (nSPS) is 11.5. The first-order valence-electron chi connectivity index (χ1n) is 5.72. The van der Waals surface area contributed by atoms with Crippen LogP contribution >= 0.6 is 15.9 Å². The van der Waals surface area contributed by atoms with Crippen LogP contribution in [-0.4, -0.2) is 17.0 Å². The van der Waals surface area contributed by atoms with Gasteiger partial charge in [-0.15, -0.1) is 0 Å². The summed E-state index contributed by atoms with van der Waals surface area (Å²) >= 11 is 3.05.